The molecule has 4 rings (SSSR count). The summed E-state index contributed by atoms with van der Waals surface area (Å²) in [5.74, 6) is 0.434. The van der Waals surface area contributed by atoms with Crippen LogP contribution < -0.4 is 20.1 Å². The summed E-state index contributed by atoms with van der Waals surface area (Å²) >= 11 is 1.62. The normalized spacial score (nSPS) is 10.3. The van der Waals surface area contributed by atoms with Crippen LogP contribution in [0.15, 0.2) is 84.5 Å². The molecule has 0 aliphatic carbocycles. The van der Waals surface area contributed by atoms with E-state index >= 15 is 0 Å². The first-order valence-electron chi connectivity index (χ1n) is 10.1. The maximum absolute atomic E-state index is 12.8. The first kappa shape index (κ1) is 22.0. The average molecular weight is 460 g/mol. The molecule has 0 unspecified atom stereocenters. The molecule has 2 N–H and O–H groups in total. The molecular weight excluding hydrogens is 438 g/mol. The van der Waals surface area contributed by atoms with E-state index in [9.17, 15) is 9.59 Å². The fraction of sp³-hybridized carbons (Fsp3) is 0.0800. The molecule has 2 amide bonds. The van der Waals surface area contributed by atoms with Gasteiger partial charge in [0.1, 0.15) is 18.1 Å². The number of hydrogen-bond acceptors (Lipinski definition) is 6. The molecule has 7 nitrogen and oxygen atoms in total. The van der Waals surface area contributed by atoms with Crippen LogP contribution >= 0.6 is 11.3 Å². The van der Waals surface area contributed by atoms with Gasteiger partial charge in [-0.2, -0.15) is 0 Å². The van der Waals surface area contributed by atoms with Gasteiger partial charge in [-0.25, -0.2) is 0 Å². The van der Waals surface area contributed by atoms with Crippen LogP contribution in [0.4, 0.5) is 11.4 Å². The van der Waals surface area contributed by atoms with Crippen LogP contribution in [0.1, 0.15) is 25.6 Å². The number of benzene rings is 2. The van der Waals surface area contributed by atoms with Gasteiger partial charge in [-0.05, 0) is 53.9 Å². The molecule has 2 heterocycles. The highest BCUT2D eigenvalue weighted by molar-refractivity contribution is 7.09. The van der Waals surface area contributed by atoms with E-state index in [0.717, 1.165) is 4.88 Å². The molecule has 4 aromatic rings. The van der Waals surface area contributed by atoms with Crippen molar-refractivity contribution in [1.82, 2.24) is 4.98 Å². The number of hydrogen-bond donors (Lipinski definition) is 2. The van der Waals surface area contributed by atoms with E-state index in [2.05, 4.69) is 15.6 Å². The number of nitrogens with zero attached hydrogens (tertiary/aromatic N) is 1. The van der Waals surface area contributed by atoms with Gasteiger partial charge in [-0.15, -0.1) is 11.3 Å². The monoisotopic (exact) mass is 459 g/mol. The fourth-order valence-electron chi connectivity index (χ4n) is 3.04. The SMILES string of the molecule is COc1cc(NC(=O)c2cccc(OCc3cccs3)c2)ccc1NC(=O)c1cccnc1. The predicted molar refractivity (Wildman–Crippen MR) is 128 cm³/mol. The van der Waals surface area contributed by atoms with Crippen molar-refractivity contribution in [3.63, 3.8) is 0 Å². The van der Waals surface area contributed by atoms with Gasteiger partial charge in [0.15, 0.2) is 0 Å². The number of pyridine rings is 1. The van der Waals surface area contributed by atoms with E-state index in [1.54, 1.807) is 66.1 Å². The Morgan fingerprint density at radius 3 is 2.55 bits per heavy atom. The summed E-state index contributed by atoms with van der Waals surface area (Å²) < 4.78 is 11.2. The Labute approximate surface area is 195 Å². The van der Waals surface area contributed by atoms with E-state index in [0.29, 0.717) is 40.6 Å². The van der Waals surface area contributed by atoms with Crippen molar-refractivity contribution >= 4 is 34.5 Å². The molecular formula is C25H21N3O4S. The first-order chi connectivity index (χ1) is 16.1. The lowest BCUT2D eigenvalue weighted by Gasteiger charge is -2.13. The second-order valence-electron chi connectivity index (χ2n) is 6.96. The minimum atomic E-state index is -0.308. The number of rotatable bonds is 8. The van der Waals surface area contributed by atoms with Crippen molar-refractivity contribution in [2.24, 2.45) is 0 Å². The van der Waals surface area contributed by atoms with Gasteiger partial charge in [0, 0.05) is 34.6 Å². The van der Waals surface area contributed by atoms with Crippen molar-refractivity contribution in [2.45, 2.75) is 6.61 Å². The highest BCUT2D eigenvalue weighted by Gasteiger charge is 2.13. The standard InChI is InChI=1S/C25H21N3O4S/c1-31-23-14-19(9-10-22(23)28-25(30)18-6-3-11-26-15-18)27-24(29)17-5-2-7-20(13-17)32-16-21-8-4-12-33-21/h2-15H,16H2,1H3,(H,27,29)(H,28,30). The first-order valence-corrected chi connectivity index (χ1v) is 11.0. The Hall–Kier alpha value is -4.17. The molecule has 8 heteroatoms. The Kier molecular flexibility index (Phi) is 6.96. The van der Waals surface area contributed by atoms with E-state index < -0.39 is 0 Å². The predicted octanol–water partition coefficient (Wildman–Crippen LogP) is 5.24. The Morgan fingerprint density at radius 1 is 0.939 bits per heavy atom. The summed E-state index contributed by atoms with van der Waals surface area (Å²) in [5.41, 5.74) is 1.90. The minimum Gasteiger partial charge on any atom is -0.494 e. The van der Waals surface area contributed by atoms with E-state index in [1.165, 1.54) is 13.3 Å². The van der Waals surface area contributed by atoms with Gasteiger partial charge in [-0.1, -0.05) is 12.1 Å². The third kappa shape index (κ3) is 5.75. The zero-order chi connectivity index (χ0) is 23.0. The number of nitrogens with one attached hydrogen (secondary N) is 2. The molecule has 0 aliphatic rings. The summed E-state index contributed by atoms with van der Waals surface area (Å²) in [4.78, 5) is 30.2. The van der Waals surface area contributed by atoms with Gasteiger partial charge in [0.05, 0.1) is 18.4 Å². The third-order valence-corrected chi connectivity index (χ3v) is 5.54. The number of amides is 2. The lowest BCUT2D eigenvalue weighted by atomic mass is 10.2. The van der Waals surface area contributed by atoms with Crippen LogP contribution in [-0.4, -0.2) is 23.9 Å². The molecule has 0 fully saturated rings. The highest BCUT2D eigenvalue weighted by atomic mass is 32.1. The largest absolute Gasteiger partial charge is 0.494 e. The second-order valence-corrected chi connectivity index (χ2v) is 7.99. The lowest BCUT2D eigenvalue weighted by Crippen LogP contribution is -2.14. The van der Waals surface area contributed by atoms with E-state index in [1.807, 2.05) is 23.6 Å². The fourth-order valence-corrected chi connectivity index (χ4v) is 3.66. The molecule has 0 spiro atoms. The van der Waals surface area contributed by atoms with Crippen LogP contribution in [0.3, 0.4) is 0 Å². The number of carbonyl (C=O) groups is 2. The molecule has 33 heavy (non-hydrogen) atoms. The van der Waals surface area contributed by atoms with Crippen molar-refractivity contribution in [2.75, 3.05) is 17.7 Å². The van der Waals surface area contributed by atoms with Crippen molar-refractivity contribution in [3.8, 4) is 11.5 Å². The summed E-state index contributed by atoms with van der Waals surface area (Å²) in [6, 6.07) is 19.3. The maximum Gasteiger partial charge on any atom is 0.257 e. The molecule has 0 bridgehead atoms. The minimum absolute atomic E-state index is 0.286. The summed E-state index contributed by atoms with van der Waals surface area (Å²) in [6.07, 6.45) is 3.08. The van der Waals surface area contributed by atoms with Crippen LogP contribution in [0.25, 0.3) is 0 Å². The highest BCUT2D eigenvalue weighted by Crippen LogP contribution is 2.29. The third-order valence-electron chi connectivity index (χ3n) is 4.69. The molecule has 0 saturated heterocycles. The molecule has 166 valence electrons. The Bertz CT molecular complexity index is 1240. The number of methoxy groups -OCH3 is 1. The van der Waals surface area contributed by atoms with Gasteiger partial charge in [-0.3, -0.25) is 14.6 Å². The van der Waals surface area contributed by atoms with Gasteiger partial charge >= 0.3 is 0 Å². The van der Waals surface area contributed by atoms with Crippen LogP contribution in [0, 0.1) is 0 Å². The molecule has 2 aromatic heterocycles. The second kappa shape index (κ2) is 10.4. The number of ether oxygens (including phenoxy) is 2. The summed E-state index contributed by atoms with van der Waals surface area (Å²) in [6.45, 7) is 0.451. The zero-order valence-electron chi connectivity index (χ0n) is 17.8. The maximum atomic E-state index is 12.8. The van der Waals surface area contributed by atoms with Crippen molar-refractivity contribution < 1.29 is 19.1 Å². The zero-order valence-corrected chi connectivity index (χ0v) is 18.6. The Morgan fingerprint density at radius 2 is 1.79 bits per heavy atom. The summed E-state index contributed by atoms with van der Waals surface area (Å²) in [5, 5.41) is 7.63. The van der Waals surface area contributed by atoms with Gasteiger partial charge in [0.2, 0.25) is 0 Å². The number of aromatic nitrogens is 1. The van der Waals surface area contributed by atoms with Crippen LogP contribution in [0.5, 0.6) is 11.5 Å². The van der Waals surface area contributed by atoms with E-state index in [-0.39, 0.29) is 11.8 Å². The molecule has 0 radical (unpaired) electrons. The topological polar surface area (TPSA) is 89.5 Å². The number of carbonyl (C=O) groups excluding carboxylic acids is 2. The lowest BCUT2D eigenvalue weighted by molar-refractivity contribution is 0.101. The van der Waals surface area contributed by atoms with Crippen molar-refractivity contribution in [1.29, 1.82) is 0 Å². The average Bonchev–Trinajstić information content (AvgIpc) is 3.38. The number of thiophene rings is 1. The number of anilines is 2. The quantitative estimate of drug-likeness (QED) is 0.376. The van der Waals surface area contributed by atoms with Crippen molar-refractivity contribution in [3.05, 3.63) is 101 Å². The molecule has 0 aliphatic heterocycles. The van der Waals surface area contributed by atoms with Crippen LogP contribution in [0.2, 0.25) is 0 Å². The smallest absolute Gasteiger partial charge is 0.257 e. The Balaban J connectivity index is 1.42. The molecule has 0 atom stereocenters. The van der Waals surface area contributed by atoms with Gasteiger partial charge in [0.25, 0.3) is 11.8 Å². The van der Waals surface area contributed by atoms with E-state index in [4.69, 9.17) is 9.47 Å². The van der Waals surface area contributed by atoms with Crippen LogP contribution in [-0.2, 0) is 6.61 Å². The summed E-state index contributed by atoms with van der Waals surface area (Å²) in [7, 11) is 1.50. The molecule has 0 saturated carbocycles. The molecule has 2 aromatic carbocycles. The van der Waals surface area contributed by atoms with Gasteiger partial charge < -0.3 is 20.1 Å².